The van der Waals surface area contributed by atoms with E-state index in [9.17, 15) is 13.2 Å². The van der Waals surface area contributed by atoms with Gasteiger partial charge in [-0.2, -0.15) is 0 Å². The monoisotopic (exact) mass is 383 g/mol. The van der Waals surface area contributed by atoms with Gasteiger partial charge in [-0.1, -0.05) is 11.3 Å². The van der Waals surface area contributed by atoms with Gasteiger partial charge in [-0.15, -0.1) is 10.2 Å². The summed E-state index contributed by atoms with van der Waals surface area (Å²) in [7, 11) is -3.40. The molecule has 0 unspecified atom stereocenters. The number of nitrogens with zero attached hydrogens (tertiary/aromatic N) is 2. The maximum Gasteiger partial charge on any atom is 0.241 e. The molecule has 8 heteroatoms. The van der Waals surface area contributed by atoms with Crippen molar-refractivity contribution in [2.75, 3.05) is 11.1 Å². The second-order valence-corrected chi connectivity index (χ2v) is 12.0. The van der Waals surface area contributed by atoms with E-state index in [1.54, 1.807) is 13.8 Å². The van der Waals surface area contributed by atoms with Crippen molar-refractivity contribution in [3.63, 3.8) is 0 Å². The van der Waals surface area contributed by atoms with Gasteiger partial charge in [0.15, 0.2) is 9.84 Å². The largest absolute Gasteiger partial charge is 0.300 e. The van der Waals surface area contributed by atoms with Gasteiger partial charge in [0.1, 0.15) is 10.8 Å². The third-order valence-corrected chi connectivity index (χ3v) is 9.40. The van der Waals surface area contributed by atoms with Crippen LogP contribution in [0.2, 0.25) is 0 Å². The second-order valence-electron chi connectivity index (χ2n) is 8.51. The highest BCUT2D eigenvalue weighted by atomic mass is 32.2. The average molecular weight is 384 g/mol. The minimum Gasteiger partial charge on any atom is -0.300 e. The fraction of sp³-hybridized carbons (Fsp3) is 0.824. The first-order valence-electron chi connectivity index (χ1n) is 9.11. The van der Waals surface area contributed by atoms with Crippen molar-refractivity contribution in [1.82, 2.24) is 10.2 Å². The van der Waals surface area contributed by atoms with Gasteiger partial charge in [-0.05, 0) is 70.1 Å². The van der Waals surface area contributed by atoms with Gasteiger partial charge in [0.05, 0.1) is 5.25 Å². The van der Waals surface area contributed by atoms with Crippen molar-refractivity contribution in [3.8, 4) is 0 Å². The summed E-state index contributed by atoms with van der Waals surface area (Å²) < 4.78 is 23.7. The number of hydrogen-bond acceptors (Lipinski definition) is 6. The van der Waals surface area contributed by atoms with Gasteiger partial charge in [-0.3, -0.25) is 10.1 Å². The molecule has 1 N–H and O–H groups in total. The minimum atomic E-state index is -3.40. The number of anilines is 1. The smallest absolute Gasteiger partial charge is 0.241 e. The van der Waals surface area contributed by atoms with Crippen molar-refractivity contribution in [1.29, 1.82) is 0 Å². The quantitative estimate of drug-likeness (QED) is 0.844. The SMILES string of the molecule is CC(C)S(=O)(=O)CC(=O)Nc1nnc(C23CC4CC(CC(C4)C2)C3)s1. The van der Waals surface area contributed by atoms with Gasteiger partial charge in [0.2, 0.25) is 11.0 Å². The van der Waals surface area contributed by atoms with Crippen LogP contribution in [0.1, 0.15) is 57.4 Å². The second kappa shape index (κ2) is 6.01. The van der Waals surface area contributed by atoms with E-state index in [1.807, 2.05) is 0 Å². The molecule has 1 heterocycles. The summed E-state index contributed by atoms with van der Waals surface area (Å²) in [4.78, 5) is 12.0. The van der Waals surface area contributed by atoms with Crippen LogP contribution >= 0.6 is 11.3 Å². The number of amides is 1. The highest BCUT2D eigenvalue weighted by Crippen LogP contribution is 2.61. The molecule has 25 heavy (non-hydrogen) atoms. The number of aromatic nitrogens is 2. The summed E-state index contributed by atoms with van der Waals surface area (Å²) in [5, 5.41) is 12.1. The number of sulfone groups is 1. The third-order valence-electron chi connectivity index (χ3n) is 6.21. The highest BCUT2D eigenvalue weighted by molar-refractivity contribution is 7.92. The number of carbonyl (C=O) groups excluding carboxylic acids is 1. The molecule has 138 valence electrons. The molecule has 0 aliphatic heterocycles. The average Bonchev–Trinajstić information content (AvgIpc) is 2.94. The lowest BCUT2D eigenvalue weighted by atomic mass is 9.50. The minimum absolute atomic E-state index is 0.152. The zero-order valence-electron chi connectivity index (χ0n) is 14.7. The molecule has 0 spiro atoms. The summed E-state index contributed by atoms with van der Waals surface area (Å²) in [5.74, 6) is 1.44. The molecule has 4 fully saturated rings. The lowest BCUT2D eigenvalue weighted by Gasteiger charge is -2.55. The van der Waals surface area contributed by atoms with Crippen LogP contribution in [0.25, 0.3) is 0 Å². The molecule has 1 amide bonds. The number of carbonyl (C=O) groups is 1. The van der Waals surface area contributed by atoms with Crippen LogP contribution < -0.4 is 5.32 Å². The highest BCUT2D eigenvalue weighted by Gasteiger charge is 2.53. The number of nitrogens with one attached hydrogen (secondary N) is 1. The van der Waals surface area contributed by atoms with Gasteiger partial charge in [0.25, 0.3) is 0 Å². The molecule has 4 aliphatic carbocycles. The van der Waals surface area contributed by atoms with Crippen LogP contribution in [0.4, 0.5) is 5.13 Å². The van der Waals surface area contributed by atoms with E-state index in [0.717, 1.165) is 22.8 Å². The third kappa shape index (κ3) is 3.23. The van der Waals surface area contributed by atoms with Crippen LogP contribution in [-0.2, 0) is 20.0 Å². The van der Waals surface area contributed by atoms with Gasteiger partial charge in [0, 0.05) is 5.41 Å². The molecular weight excluding hydrogens is 358 g/mol. The molecule has 0 radical (unpaired) electrons. The Balaban J connectivity index is 1.47. The van der Waals surface area contributed by atoms with Crippen molar-refractivity contribution in [2.45, 2.75) is 63.0 Å². The maximum atomic E-state index is 12.0. The molecule has 4 bridgehead atoms. The Hall–Kier alpha value is -1.02. The van der Waals surface area contributed by atoms with Crippen LogP contribution in [-0.4, -0.2) is 35.5 Å². The van der Waals surface area contributed by atoms with Crippen LogP contribution in [0.3, 0.4) is 0 Å². The van der Waals surface area contributed by atoms with Crippen molar-refractivity contribution in [3.05, 3.63) is 5.01 Å². The van der Waals surface area contributed by atoms with Gasteiger partial charge >= 0.3 is 0 Å². The summed E-state index contributed by atoms with van der Waals surface area (Å²) >= 11 is 1.44. The first-order chi connectivity index (χ1) is 11.8. The van der Waals surface area contributed by atoms with Crippen LogP contribution in [0, 0.1) is 17.8 Å². The molecule has 0 aromatic carbocycles. The lowest BCUT2D eigenvalue weighted by Crippen LogP contribution is -2.48. The molecule has 5 rings (SSSR count). The van der Waals surface area contributed by atoms with Gasteiger partial charge < -0.3 is 0 Å². The van der Waals surface area contributed by atoms with E-state index in [4.69, 9.17) is 0 Å². The summed E-state index contributed by atoms with van der Waals surface area (Å²) in [6, 6.07) is 0. The molecule has 0 saturated heterocycles. The normalized spacial score (nSPS) is 33.8. The first-order valence-corrected chi connectivity index (χ1v) is 11.6. The molecule has 4 aliphatic rings. The summed E-state index contributed by atoms with van der Waals surface area (Å²) in [5.41, 5.74) is 0.152. The van der Waals surface area contributed by atoms with Crippen molar-refractivity contribution >= 4 is 32.2 Å². The summed E-state index contributed by atoms with van der Waals surface area (Å²) in [6.45, 7) is 3.16. The molecule has 0 atom stereocenters. The summed E-state index contributed by atoms with van der Waals surface area (Å²) in [6.07, 6.45) is 7.70. The molecule has 1 aromatic heterocycles. The zero-order valence-corrected chi connectivity index (χ0v) is 16.3. The Morgan fingerprint density at radius 1 is 1.16 bits per heavy atom. The number of hydrogen-bond donors (Lipinski definition) is 1. The van der Waals surface area contributed by atoms with E-state index < -0.39 is 26.7 Å². The predicted molar refractivity (Wildman–Crippen MR) is 97.3 cm³/mol. The van der Waals surface area contributed by atoms with E-state index in [-0.39, 0.29) is 5.41 Å². The standard InChI is InChI=1S/C17H25N3O3S2/c1-10(2)25(22,23)9-14(21)18-16-20-19-15(24-16)17-6-11-3-12(7-17)5-13(4-11)8-17/h10-13H,3-9H2,1-2H3,(H,18,20,21). The maximum absolute atomic E-state index is 12.0. The molecule has 4 saturated carbocycles. The lowest BCUT2D eigenvalue weighted by molar-refractivity contribution is -0.113. The van der Waals surface area contributed by atoms with Crippen molar-refractivity contribution < 1.29 is 13.2 Å². The van der Waals surface area contributed by atoms with E-state index in [1.165, 1.54) is 49.9 Å². The fourth-order valence-corrected chi connectivity index (χ4v) is 7.11. The Morgan fingerprint density at radius 2 is 1.72 bits per heavy atom. The number of rotatable bonds is 5. The molecule has 1 aromatic rings. The van der Waals surface area contributed by atoms with E-state index >= 15 is 0 Å². The molecule has 6 nitrogen and oxygen atoms in total. The fourth-order valence-electron chi connectivity index (χ4n) is 5.37. The Kier molecular flexibility index (Phi) is 4.18. The Morgan fingerprint density at radius 3 is 2.24 bits per heavy atom. The first kappa shape index (κ1) is 17.4. The van der Waals surface area contributed by atoms with Crippen LogP contribution in [0.5, 0.6) is 0 Å². The van der Waals surface area contributed by atoms with Gasteiger partial charge in [-0.25, -0.2) is 8.42 Å². The zero-order chi connectivity index (χ0) is 17.8. The topological polar surface area (TPSA) is 89.0 Å². The Labute approximate surface area is 152 Å². The molecular formula is C17H25N3O3S2. The Bertz CT molecular complexity index is 750. The van der Waals surface area contributed by atoms with Crippen LogP contribution in [0.15, 0.2) is 0 Å². The van der Waals surface area contributed by atoms with E-state index in [0.29, 0.717) is 5.13 Å². The van der Waals surface area contributed by atoms with E-state index in [2.05, 4.69) is 15.5 Å². The predicted octanol–water partition coefficient (Wildman–Crippen LogP) is 2.77. The van der Waals surface area contributed by atoms with Crippen molar-refractivity contribution in [2.24, 2.45) is 17.8 Å².